The molecule has 1 amide bonds. The summed E-state index contributed by atoms with van der Waals surface area (Å²) in [5.74, 6) is 0.229. The van der Waals surface area contributed by atoms with Crippen LogP contribution in [0, 0.1) is 5.92 Å². The quantitative estimate of drug-likeness (QED) is 0.336. The Morgan fingerprint density at radius 2 is 1.76 bits per heavy atom. The van der Waals surface area contributed by atoms with Gasteiger partial charge in [-0.25, -0.2) is 0 Å². The average Bonchev–Trinajstić information content (AvgIpc) is 3.59. The Morgan fingerprint density at radius 3 is 2.45 bits per heavy atom. The zero-order chi connectivity index (χ0) is 30.2. The summed E-state index contributed by atoms with van der Waals surface area (Å²) in [5, 5.41) is 10.6. The molecule has 3 atom stereocenters. The minimum Gasteiger partial charge on any atom is -0.496 e. The molecule has 10 heteroatoms. The number of carbonyl (C=O) groups is 2. The maximum Gasteiger partial charge on any atom is 0.308 e. The van der Waals surface area contributed by atoms with Crippen molar-refractivity contribution >= 4 is 11.9 Å². The van der Waals surface area contributed by atoms with Crippen molar-refractivity contribution in [3.05, 3.63) is 47.5 Å². The van der Waals surface area contributed by atoms with Crippen LogP contribution in [0.3, 0.4) is 0 Å². The summed E-state index contributed by atoms with van der Waals surface area (Å²) in [6.45, 7) is 5.02. The number of benzene rings is 2. The van der Waals surface area contributed by atoms with Gasteiger partial charge in [0.05, 0.1) is 26.7 Å². The Morgan fingerprint density at radius 1 is 1.02 bits per heavy atom. The molecule has 2 aliphatic rings. The number of likely N-dealkylation sites (tertiary alicyclic amines) is 1. The molecule has 0 bridgehead atoms. The van der Waals surface area contributed by atoms with Crippen molar-refractivity contribution in [1.29, 1.82) is 0 Å². The molecule has 1 N–H and O–H groups in total. The van der Waals surface area contributed by atoms with Gasteiger partial charge in [-0.3, -0.25) is 14.5 Å². The highest BCUT2D eigenvalue weighted by Gasteiger charge is 2.48. The van der Waals surface area contributed by atoms with E-state index in [2.05, 4.69) is 16.7 Å². The number of methoxy groups -OCH3 is 2. The van der Waals surface area contributed by atoms with Crippen LogP contribution in [0.15, 0.2) is 36.4 Å². The predicted octanol–water partition coefficient (Wildman–Crippen LogP) is 3.72. The van der Waals surface area contributed by atoms with Gasteiger partial charge in [0.1, 0.15) is 5.75 Å². The van der Waals surface area contributed by atoms with Gasteiger partial charge < -0.3 is 33.9 Å². The van der Waals surface area contributed by atoms with Crippen molar-refractivity contribution in [1.82, 2.24) is 14.7 Å². The summed E-state index contributed by atoms with van der Waals surface area (Å²) in [7, 11) is 7.23. The molecule has 10 nitrogen and oxygen atoms in total. The molecule has 1 fully saturated rings. The van der Waals surface area contributed by atoms with Crippen LogP contribution in [0.5, 0.6) is 23.0 Å². The number of aliphatic carboxylic acids is 1. The number of amides is 1. The lowest BCUT2D eigenvalue weighted by Gasteiger charge is -2.30. The Bertz CT molecular complexity index is 1220. The van der Waals surface area contributed by atoms with Crippen LogP contribution in [-0.2, 0) is 16.0 Å². The SMILES string of the molecule is CCCCN(CCCN(C)C)C(=O)CN1CC(c2cc(OC)c3c(c2)OCO3)C(C(=O)O)C1Cc1ccccc1OC. The second-order valence-corrected chi connectivity index (χ2v) is 11.3. The third-order valence-electron chi connectivity index (χ3n) is 8.27. The third-order valence-corrected chi connectivity index (χ3v) is 8.27. The number of unbranched alkanes of at least 4 members (excludes halogenated alkanes) is 1. The molecule has 0 radical (unpaired) electrons. The van der Waals surface area contributed by atoms with Crippen LogP contribution < -0.4 is 18.9 Å². The minimum absolute atomic E-state index is 0.0280. The van der Waals surface area contributed by atoms with Gasteiger partial charge in [0.25, 0.3) is 0 Å². The number of carbonyl (C=O) groups excluding carboxylic acids is 1. The van der Waals surface area contributed by atoms with Crippen molar-refractivity contribution in [2.45, 2.75) is 44.6 Å². The Kier molecular flexibility index (Phi) is 10.9. The van der Waals surface area contributed by atoms with Crippen molar-refractivity contribution < 1.29 is 33.6 Å². The molecule has 2 aliphatic heterocycles. The van der Waals surface area contributed by atoms with Crippen molar-refractivity contribution in [2.24, 2.45) is 5.92 Å². The van der Waals surface area contributed by atoms with Crippen molar-refractivity contribution in [3.8, 4) is 23.0 Å². The number of rotatable bonds is 15. The van der Waals surface area contributed by atoms with E-state index in [9.17, 15) is 14.7 Å². The summed E-state index contributed by atoms with van der Waals surface area (Å²) in [6, 6.07) is 10.9. The van der Waals surface area contributed by atoms with E-state index in [0.717, 1.165) is 36.9 Å². The van der Waals surface area contributed by atoms with E-state index >= 15 is 0 Å². The van der Waals surface area contributed by atoms with Gasteiger partial charge in [-0.15, -0.1) is 0 Å². The fourth-order valence-electron chi connectivity index (χ4n) is 6.11. The highest BCUT2D eigenvalue weighted by Crippen LogP contribution is 2.47. The van der Waals surface area contributed by atoms with Gasteiger partial charge >= 0.3 is 5.97 Å². The Labute approximate surface area is 249 Å². The normalized spacial score (nSPS) is 19.7. The molecule has 42 heavy (non-hydrogen) atoms. The number of nitrogens with zero attached hydrogens (tertiary/aromatic N) is 3. The highest BCUT2D eigenvalue weighted by molar-refractivity contribution is 5.79. The van der Waals surface area contributed by atoms with Crippen LogP contribution in [0.2, 0.25) is 0 Å². The van der Waals surface area contributed by atoms with Crippen LogP contribution in [-0.4, -0.2) is 106 Å². The second kappa shape index (κ2) is 14.6. The third kappa shape index (κ3) is 7.28. The molecule has 2 heterocycles. The van der Waals surface area contributed by atoms with Gasteiger partial charge in [0.15, 0.2) is 11.5 Å². The number of hydrogen-bond donors (Lipinski definition) is 1. The summed E-state index contributed by atoms with van der Waals surface area (Å²) >= 11 is 0. The summed E-state index contributed by atoms with van der Waals surface area (Å²) < 4.78 is 22.4. The van der Waals surface area contributed by atoms with E-state index in [1.165, 1.54) is 0 Å². The number of hydrogen-bond acceptors (Lipinski definition) is 8. The molecule has 1 saturated heterocycles. The van der Waals surface area contributed by atoms with Gasteiger partial charge in [-0.2, -0.15) is 0 Å². The minimum atomic E-state index is -0.902. The second-order valence-electron chi connectivity index (χ2n) is 11.3. The first-order valence-electron chi connectivity index (χ1n) is 14.8. The molecule has 4 rings (SSSR count). The maximum absolute atomic E-state index is 13.8. The topological polar surface area (TPSA) is 101 Å². The lowest BCUT2D eigenvalue weighted by Crippen LogP contribution is -2.45. The van der Waals surface area contributed by atoms with Crippen LogP contribution in [0.25, 0.3) is 0 Å². The lowest BCUT2D eigenvalue weighted by atomic mass is 9.83. The van der Waals surface area contributed by atoms with E-state index in [1.807, 2.05) is 55.4 Å². The molecule has 2 aromatic rings. The monoisotopic (exact) mass is 583 g/mol. The molecule has 0 spiro atoms. The van der Waals surface area contributed by atoms with E-state index < -0.39 is 23.8 Å². The Hall–Kier alpha value is -3.50. The van der Waals surface area contributed by atoms with Crippen LogP contribution in [0.4, 0.5) is 0 Å². The molecule has 2 aromatic carbocycles. The first-order chi connectivity index (χ1) is 20.3. The van der Waals surface area contributed by atoms with Gasteiger partial charge in [-0.1, -0.05) is 31.5 Å². The van der Waals surface area contributed by atoms with Gasteiger partial charge in [0, 0.05) is 31.6 Å². The maximum atomic E-state index is 13.8. The number of fused-ring (bicyclic) bond motifs is 1. The smallest absolute Gasteiger partial charge is 0.308 e. The van der Waals surface area contributed by atoms with Crippen molar-refractivity contribution in [2.75, 3.05) is 67.8 Å². The summed E-state index contributed by atoms with van der Waals surface area (Å²) in [5.41, 5.74) is 1.70. The zero-order valence-corrected chi connectivity index (χ0v) is 25.5. The summed E-state index contributed by atoms with van der Waals surface area (Å²) in [4.78, 5) is 32.9. The molecular formula is C32H45N3O7. The molecule has 3 unspecified atom stereocenters. The Balaban J connectivity index is 1.67. The molecule has 0 saturated carbocycles. The van der Waals surface area contributed by atoms with E-state index in [0.29, 0.717) is 49.1 Å². The standard InChI is InChI=1S/C32H45N3O7/c1-6-7-14-34(15-10-13-33(2)3)29(36)20-35-19-24(23-17-27(40-5)31-28(18-23)41-21-42-31)30(32(37)38)25(35)16-22-11-8-9-12-26(22)39-4/h8-9,11-12,17-18,24-25,30H,6-7,10,13-16,19-21H2,1-5H3,(H,37,38). The number of para-hydroxylation sites is 1. The first-order valence-corrected chi connectivity index (χ1v) is 14.8. The fraction of sp³-hybridized carbons (Fsp3) is 0.562. The lowest BCUT2D eigenvalue weighted by molar-refractivity contribution is -0.143. The van der Waals surface area contributed by atoms with Gasteiger partial charge in [0.2, 0.25) is 18.4 Å². The number of carboxylic acids is 1. The highest BCUT2D eigenvalue weighted by atomic mass is 16.7. The van der Waals surface area contributed by atoms with Gasteiger partial charge in [-0.05, 0) is 69.2 Å². The largest absolute Gasteiger partial charge is 0.496 e. The van der Waals surface area contributed by atoms with Crippen molar-refractivity contribution in [3.63, 3.8) is 0 Å². The fourth-order valence-corrected chi connectivity index (χ4v) is 6.11. The zero-order valence-electron chi connectivity index (χ0n) is 25.5. The molecule has 0 aliphatic carbocycles. The average molecular weight is 584 g/mol. The van der Waals surface area contributed by atoms with Crippen LogP contribution >= 0.6 is 0 Å². The number of carboxylic acid groups (broad SMARTS) is 1. The summed E-state index contributed by atoms with van der Waals surface area (Å²) in [6.07, 6.45) is 3.23. The molecule has 0 aromatic heterocycles. The van der Waals surface area contributed by atoms with Crippen LogP contribution in [0.1, 0.15) is 43.2 Å². The molecular weight excluding hydrogens is 538 g/mol. The molecule has 230 valence electrons. The first kappa shape index (κ1) is 31.4. The predicted molar refractivity (Wildman–Crippen MR) is 160 cm³/mol. The number of ether oxygens (including phenoxy) is 4. The van der Waals surface area contributed by atoms with E-state index in [1.54, 1.807) is 14.2 Å². The van der Waals surface area contributed by atoms with E-state index in [4.69, 9.17) is 18.9 Å². The van der Waals surface area contributed by atoms with E-state index in [-0.39, 0.29) is 19.2 Å².